The van der Waals surface area contributed by atoms with E-state index in [1.165, 1.54) is 5.56 Å². The zero-order valence-corrected chi connectivity index (χ0v) is 10.1. The van der Waals surface area contributed by atoms with E-state index in [2.05, 4.69) is 33.6 Å². The molecule has 0 fully saturated rings. The van der Waals surface area contributed by atoms with Gasteiger partial charge in [0.25, 0.3) is 0 Å². The maximum absolute atomic E-state index is 4.45. The zero-order chi connectivity index (χ0) is 11.8. The lowest BCUT2D eigenvalue weighted by Crippen LogP contribution is -2.24. The van der Waals surface area contributed by atoms with Crippen molar-refractivity contribution in [3.63, 3.8) is 0 Å². The summed E-state index contributed by atoms with van der Waals surface area (Å²) in [6.07, 6.45) is 5.04. The molecule has 2 aromatic heterocycles. The summed E-state index contributed by atoms with van der Waals surface area (Å²) in [5.74, 6) is 1.67. The van der Waals surface area contributed by atoms with E-state index in [1.54, 1.807) is 0 Å². The van der Waals surface area contributed by atoms with Crippen LogP contribution in [0.5, 0.6) is 0 Å². The van der Waals surface area contributed by atoms with Crippen LogP contribution < -0.4 is 5.32 Å². The molecule has 90 valence electrons. The zero-order valence-electron chi connectivity index (χ0n) is 10.1. The molecule has 1 atom stereocenters. The number of anilines is 1. The van der Waals surface area contributed by atoms with Crippen molar-refractivity contribution in [2.75, 3.05) is 11.9 Å². The van der Waals surface area contributed by atoms with Crippen molar-refractivity contribution in [2.45, 2.75) is 32.9 Å². The standard InChI is InChI=1S/C11H16N6/c1-3-16-7-9(6-13-16)10-4-5-12-11-14-8(2)15-17(10)11/h6-7,10H,3-5H2,1-2H3,(H,12,14,15). The molecule has 17 heavy (non-hydrogen) atoms. The molecule has 0 saturated heterocycles. The summed E-state index contributed by atoms with van der Waals surface area (Å²) in [6.45, 7) is 5.83. The van der Waals surface area contributed by atoms with Gasteiger partial charge in [-0.25, -0.2) is 4.68 Å². The molecule has 3 heterocycles. The Bertz CT molecular complexity index is 526. The lowest BCUT2D eigenvalue weighted by molar-refractivity contribution is 0.478. The number of aromatic nitrogens is 5. The number of rotatable bonds is 2. The molecule has 0 radical (unpaired) electrons. The van der Waals surface area contributed by atoms with Gasteiger partial charge in [0.15, 0.2) is 0 Å². The van der Waals surface area contributed by atoms with Crippen LogP contribution in [0, 0.1) is 6.92 Å². The minimum Gasteiger partial charge on any atom is -0.354 e. The molecule has 0 aliphatic carbocycles. The molecule has 0 amide bonds. The number of fused-ring (bicyclic) bond motifs is 1. The van der Waals surface area contributed by atoms with E-state index in [1.807, 2.05) is 22.5 Å². The molecule has 0 aromatic carbocycles. The van der Waals surface area contributed by atoms with Crippen molar-refractivity contribution >= 4 is 5.95 Å². The lowest BCUT2D eigenvalue weighted by Gasteiger charge is -2.23. The van der Waals surface area contributed by atoms with E-state index in [0.29, 0.717) is 0 Å². The van der Waals surface area contributed by atoms with Crippen LogP contribution >= 0.6 is 0 Å². The van der Waals surface area contributed by atoms with Crippen LogP contribution in [-0.2, 0) is 6.54 Å². The normalized spacial score (nSPS) is 18.8. The summed E-state index contributed by atoms with van der Waals surface area (Å²) in [5, 5.41) is 12.0. The Labute approximate surface area is 99.7 Å². The molecule has 1 N–H and O–H groups in total. The van der Waals surface area contributed by atoms with E-state index in [0.717, 1.165) is 31.3 Å². The highest BCUT2D eigenvalue weighted by atomic mass is 15.4. The lowest BCUT2D eigenvalue weighted by atomic mass is 10.1. The topological polar surface area (TPSA) is 60.6 Å². The smallest absolute Gasteiger partial charge is 0.221 e. The molecule has 0 saturated carbocycles. The molecule has 0 bridgehead atoms. The van der Waals surface area contributed by atoms with Gasteiger partial charge in [-0.2, -0.15) is 15.2 Å². The van der Waals surface area contributed by atoms with Crippen molar-refractivity contribution < 1.29 is 0 Å². The Balaban J connectivity index is 1.99. The van der Waals surface area contributed by atoms with Gasteiger partial charge in [0.2, 0.25) is 5.95 Å². The average Bonchev–Trinajstić information content (AvgIpc) is 2.92. The highest BCUT2D eigenvalue weighted by Gasteiger charge is 2.24. The van der Waals surface area contributed by atoms with Gasteiger partial charge in [0.1, 0.15) is 5.82 Å². The molecule has 1 unspecified atom stereocenters. The number of nitrogens with zero attached hydrogens (tertiary/aromatic N) is 5. The van der Waals surface area contributed by atoms with E-state index in [4.69, 9.17) is 0 Å². The number of aryl methyl sites for hydroxylation is 2. The summed E-state index contributed by atoms with van der Waals surface area (Å²) in [5.41, 5.74) is 1.21. The second-order valence-corrected chi connectivity index (χ2v) is 4.29. The molecule has 3 rings (SSSR count). The number of hydrogen-bond donors (Lipinski definition) is 1. The van der Waals surface area contributed by atoms with Crippen LogP contribution in [0.2, 0.25) is 0 Å². The SMILES string of the molecule is CCn1cc(C2CCNc3nc(C)nn32)cn1. The summed E-state index contributed by atoms with van der Waals surface area (Å²) in [6, 6.07) is 0.257. The monoisotopic (exact) mass is 232 g/mol. The highest BCUT2D eigenvalue weighted by Crippen LogP contribution is 2.27. The average molecular weight is 232 g/mol. The Morgan fingerprint density at radius 2 is 2.41 bits per heavy atom. The van der Waals surface area contributed by atoms with Crippen molar-refractivity contribution in [1.29, 1.82) is 0 Å². The second kappa shape index (κ2) is 3.87. The number of nitrogens with one attached hydrogen (secondary N) is 1. The maximum atomic E-state index is 4.45. The van der Waals surface area contributed by atoms with Crippen LogP contribution in [0.25, 0.3) is 0 Å². The molecule has 6 heteroatoms. The second-order valence-electron chi connectivity index (χ2n) is 4.29. The van der Waals surface area contributed by atoms with Crippen LogP contribution in [0.15, 0.2) is 12.4 Å². The van der Waals surface area contributed by atoms with E-state index in [9.17, 15) is 0 Å². The van der Waals surface area contributed by atoms with Gasteiger partial charge in [-0.05, 0) is 20.3 Å². The van der Waals surface area contributed by atoms with Crippen LogP contribution in [0.3, 0.4) is 0 Å². The van der Waals surface area contributed by atoms with Gasteiger partial charge in [-0.15, -0.1) is 0 Å². The summed E-state index contributed by atoms with van der Waals surface area (Å²) in [4.78, 5) is 4.37. The van der Waals surface area contributed by atoms with Gasteiger partial charge in [0.05, 0.1) is 12.2 Å². The van der Waals surface area contributed by atoms with Crippen molar-refractivity contribution in [1.82, 2.24) is 24.5 Å². The van der Waals surface area contributed by atoms with Crippen LogP contribution in [-0.4, -0.2) is 31.1 Å². The first-order valence-electron chi connectivity index (χ1n) is 5.97. The summed E-state index contributed by atoms with van der Waals surface area (Å²) in [7, 11) is 0. The summed E-state index contributed by atoms with van der Waals surface area (Å²) >= 11 is 0. The molecule has 1 aliphatic heterocycles. The van der Waals surface area contributed by atoms with Crippen molar-refractivity contribution in [3.8, 4) is 0 Å². The first-order valence-corrected chi connectivity index (χ1v) is 5.97. The maximum Gasteiger partial charge on any atom is 0.221 e. The van der Waals surface area contributed by atoms with Gasteiger partial charge in [-0.1, -0.05) is 0 Å². The van der Waals surface area contributed by atoms with Gasteiger partial charge in [-0.3, -0.25) is 4.68 Å². The fourth-order valence-corrected chi connectivity index (χ4v) is 2.24. The van der Waals surface area contributed by atoms with Crippen LogP contribution in [0.4, 0.5) is 5.95 Å². The van der Waals surface area contributed by atoms with Crippen molar-refractivity contribution in [3.05, 3.63) is 23.8 Å². The Hall–Kier alpha value is -1.85. The molecular formula is C11H16N6. The Kier molecular flexibility index (Phi) is 2.35. The summed E-state index contributed by atoms with van der Waals surface area (Å²) < 4.78 is 3.91. The van der Waals surface area contributed by atoms with Gasteiger partial charge >= 0.3 is 0 Å². The molecule has 6 nitrogen and oxygen atoms in total. The minimum absolute atomic E-state index is 0.257. The minimum atomic E-state index is 0.257. The molecular weight excluding hydrogens is 216 g/mol. The van der Waals surface area contributed by atoms with Gasteiger partial charge in [0, 0.05) is 24.8 Å². The van der Waals surface area contributed by atoms with E-state index in [-0.39, 0.29) is 6.04 Å². The fraction of sp³-hybridized carbons (Fsp3) is 0.545. The third-order valence-corrected chi connectivity index (χ3v) is 3.10. The first kappa shape index (κ1) is 10.3. The molecule has 0 spiro atoms. The fourth-order valence-electron chi connectivity index (χ4n) is 2.24. The quantitative estimate of drug-likeness (QED) is 0.845. The Morgan fingerprint density at radius 3 is 3.18 bits per heavy atom. The first-order chi connectivity index (χ1) is 8.28. The molecule has 1 aliphatic rings. The predicted molar refractivity (Wildman–Crippen MR) is 63.9 cm³/mol. The molecule has 2 aromatic rings. The third-order valence-electron chi connectivity index (χ3n) is 3.10. The van der Waals surface area contributed by atoms with E-state index < -0.39 is 0 Å². The largest absolute Gasteiger partial charge is 0.354 e. The third kappa shape index (κ3) is 1.69. The predicted octanol–water partition coefficient (Wildman–Crippen LogP) is 1.21. The van der Waals surface area contributed by atoms with Crippen LogP contribution in [0.1, 0.15) is 30.8 Å². The van der Waals surface area contributed by atoms with Gasteiger partial charge < -0.3 is 5.32 Å². The van der Waals surface area contributed by atoms with Crippen molar-refractivity contribution in [2.24, 2.45) is 0 Å². The number of hydrogen-bond acceptors (Lipinski definition) is 4. The van der Waals surface area contributed by atoms with E-state index >= 15 is 0 Å². The highest BCUT2D eigenvalue weighted by molar-refractivity contribution is 5.31. The Morgan fingerprint density at radius 1 is 1.53 bits per heavy atom.